The Kier molecular flexibility index (Phi) is 3.49. The summed E-state index contributed by atoms with van der Waals surface area (Å²) in [7, 11) is 1.65. The topological polar surface area (TPSA) is 64.2 Å². The van der Waals surface area contributed by atoms with Crippen LogP contribution in [0.4, 0.5) is 0 Å². The third-order valence-corrected chi connectivity index (χ3v) is 1.98. The fraction of sp³-hybridized carbons (Fsp3) is 0.500. The van der Waals surface area contributed by atoms with Crippen LogP contribution in [0.1, 0.15) is 23.8 Å². The lowest BCUT2D eigenvalue weighted by Crippen LogP contribution is -2.38. The summed E-state index contributed by atoms with van der Waals surface area (Å²) < 4.78 is 1.42. The van der Waals surface area contributed by atoms with Crippen molar-refractivity contribution in [3.8, 4) is 0 Å². The summed E-state index contributed by atoms with van der Waals surface area (Å²) >= 11 is 5.65. The summed E-state index contributed by atoms with van der Waals surface area (Å²) in [5.41, 5.74) is 0.394. The van der Waals surface area contributed by atoms with Crippen LogP contribution in [-0.4, -0.2) is 27.2 Å². The molecule has 0 saturated carbocycles. The lowest BCUT2D eigenvalue weighted by atomic mass is 10.3. The van der Waals surface area contributed by atoms with E-state index in [0.29, 0.717) is 17.4 Å². The number of aromatic nitrogens is 2. The highest BCUT2D eigenvalue weighted by Gasteiger charge is 2.16. The molecule has 0 saturated heterocycles. The maximum Gasteiger partial charge on any atom is 0.286 e. The van der Waals surface area contributed by atoms with E-state index in [4.69, 9.17) is 17.4 Å². The van der Waals surface area contributed by atoms with Gasteiger partial charge >= 0.3 is 0 Å². The molecule has 5 nitrogen and oxygen atoms in total. The lowest BCUT2D eigenvalue weighted by molar-refractivity contribution is 0.0744. The molecule has 0 spiro atoms. The molecule has 1 rings (SSSR count). The minimum absolute atomic E-state index is 0.270. The zero-order valence-electron chi connectivity index (χ0n) is 8.20. The summed E-state index contributed by atoms with van der Waals surface area (Å²) in [6.07, 6.45) is 0.813. The van der Waals surface area contributed by atoms with Gasteiger partial charge in [-0.3, -0.25) is 14.5 Å². The number of carbonyl (C=O) groups is 1. The number of hydrogen-bond acceptors (Lipinski definition) is 3. The number of rotatable bonds is 3. The maximum atomic E-state index is 11.7. The van der Waals surface area contributed by atoms with Gasteiger partial charge in [0.1, 0.15) is 5.69 Å². The molecule has 0 fully saturated rings. The first-order valence-corrected chi connectivity index (χ1v) is 4.70. The normalized spacial score (nSPS) is 10.3. The Hall–Kier alpha value is -1.07. The fourth-order valence-corrected chi connectivity index (χ4v) is 1.34. The maximum absolute atomic E-state index is 11.7. The highest BCUT2D eigenvalue weighted by molar-refractivity contribution is 6.29. The molecule has 78 valence electrons. The molecule has 1 amide bonds. The molecule has 0 aliphatic rings. The standard InChI is InChI=1S/C8H13ClN4O/c1-3-4-13(10)8(14)6-5-7(9)11-12(6)2/h5H,3-4,10H2,1-2H3. The van der Waals surface area contributed by atoms with Crippen molar-refractivity contribution in [1.82, 2.24) is 14.8 Å². The molecule has 0 aliphatic heterocycles. The third kappa shape index (κ3) is 2.24. The van der Waals surface area contributed by atoms with Crippen molar-refractivity contribution in [3.63, 3.8) is 0 Å². The van der Waals surface area contributed by atoms with E-state index in [0.717, 1.165) is 11.4 Å². The van der Waals surface area contributed by atoms with Crippen molar-refractivity contribution in [1.29, 1.82) is 0 Å². The number of hydrogen-bond donors (Lipinski definition) is 1. The second-order valence-corrected chi connectivity index (χ2v) is 3.36. The van der Waals surface area contributed by atoms with E-state index in [1.165, 1.54) is 10.7 Å². The van der Waals surface area contributed by atoms with E-state index in [9.17, 15) is 4.79 Å². The number of halogens is 1. The summed E-state index contributed by atoms with van der Waals surface area (Å²) in [4.78, 5) is 11.7. The van der Waals surface area contributed by atoms with Gasteiger partial charge in [0.05, 0.1) is 0 Å². The average Bonchev–Trinajstić information content (AvgIpc) is 2.44. The van der Waals surface area contributed by atoms with Crippen LogP contribution >= 0.6 is 11.6 Å². The van der Waals surface area contributed by atoms with Gasteiger partial charge in [-0.2, -0.15) is 5.10 Å². The predicted molar refractivity (Wildman–Crippen MR) is 53.7 cm³/mol. The fourth-order valence-electron chi connectivity index (χ4n) is 1.12. The van der Waals surface area contributed by atoms with Crippen LogP contribution in [0.25, 0.3) is 0 Å². The van der Waals surface area contributed by atoms with Gasteiger partial charge in [-0.15, -0.1) is 0 Å². The Labute approximate surface area is 87.4 Å². The predicted octanol–water partition coefficient (Wildman–Crippen LogP) is 0.799. The first-order valence-electron chi connectivity index (χ1n) is 4.32. The second-order valence-electron chi connectivity index (χ2n) is 2.97. The minimum atomic E-state index is -0.270. The van der Waals surface area contributed by atoms with Gasteiger partial charge in [-0.1, -0.05) is 18.5 Å². The van der Waals surface area contributed by atoms with Gasteiger partial charge in [0, 0.05) is 19.7 Å². The van der Waals surface area contributed by atoms with Crippen molar-refractivity contribution in [2.24, 2.45) is 12.9 Å². The minimum Gasteiger partial charge on any atom is -0.275 e. The van der Waals surface area contributed by atoms with Crippen LogP contribution in [0.3, 0.4) is 0 Å². The van der Waals surface area contributed by atoms with Gasteiger partial charge in [0.15, 0.2) is 5.15 Å². The quantitative estimate of drug-likeness (QED) is 0.462. The molecule has 1 aromatic rings. The van der Waals surface area contributed by atoms with E-state index in [2.05, 4.69) is 5.10 Å². The number of nitrogens with two attached hydrogens (primary N) is 1. The smallest absolute Gasteiger partial charge is 0.275 e. The van der Waals surface area contributed by atoms with E-state index in [1.807, 2.05) is 6.92 Å². The van der Waals surface area contributed by atoms with Gasteiger partial charge in [-0.05, 0) is 6.42 Å². The zero-order valence-corrected chi connectivity index (χ0v) is 8.95. The van der Waals surface area contributed by atoms with E-state index < -0.39 is 0 Å². The molecule has 0 bridgehead atoms. The van der Waals surface area contributed by atoms with Gasteiger partial charge in [0.25, 0.3) is 5.91 Å². The van der Waals surface area contributed by atoms with E-state index in [1.54, 1.807) is 7.05 Å². The van der Waals surface area contributed by atoms with Crippen LogP contribution in [0, 0.1) is 0 Å². The van der Waals surface area contributed by atoms with Gasteiger partial charge in [0.2, 0.25) is 0 Å². The molecule has 0 unspecified atom stereocenters. The molecule has 2 N–H and O–H groups in total. The van der Waals surface area contributed by atoms with Crippen LogP contribution in [0.2, 0.25) is 5.15 Å². The Morgan fingerprint density at radius 2 is 2.43 bits per heavy atom. The van der Waals surface area contributed by atoms with Crippen molar-refractivity contribution in [2.45, 2.75) is 13.3 Å². The molecular weight excluding hydrogens is 204 g/mol. The summed E-state index contributed by atoms with van der Waals surface area (Å²) in [6, 6.07) is 1.50. The molecule has 14 heavy (non-hydrogen) atoms. The summed E-state index contributed by atoms with van der Waals surface area (Å²) in [5, 5.41) is 5.31. The molecule has 1 aromatic heterocycles. The largest absolute Gasteiger partial charge is 0.286 e. The molecule has 6 heteroatoms. The Morgan fingerprint density at radius 3 is 2.86 bits per heavy atom. The van der Waals surface area contributed by atoms with Crippen LogP contribution in [-0.2, 0) is 7.05 Å². The van der Waals surface area contributed by atoms with E-state index in [-0.39, 0.29) is 5.91 Å². The van der Waals surface area contributed by atoms with Crippen molar-refractivity contribution >= 4 is 17.5 Å². The Bertz CT molecular complexity index is 336. The highest BCUT2D eigenvalue weighted by atomic mass is 35.5. The number of nitrogens with zero attached hydrogens (tertiary/aromatic N) is 3. The lowest BCUT2D eigenvalue weighted by Gasteiger charge is -2.14. The number of hydrazine groups is 1. The van der Waals surface area contributed by atoms with Crippen LogP contribution in [0.15, 0.2) is 6.07 Å². The van der Waals surface area contributed by atoms with Gasteiger partial charge in [-0.25, -0.2) is 5.84 Å². The van der Waals surface area contributed by atoms with Crippen molar-refractivity contribution in [2.75, 3.05) is 6.54 Å². The average molecular weight is 217 g/mol. The van der Waals surface area contributed by atoms with Crippen molar-refractivity contribution in [3.05, 3.63) is 16.9 Å². The first-order chi connectivity index (χ1) is 6.56. The molecule has 0 radical (unpaired) electrons. The SMILES string of the molecule is CCCN(N)C(=O)c1cc(Cl)nn1C. The zero-order chi connectivity index (χ0) is 10.7. The van der Waals surface area contributed by atoms with Crippen LogP contribution < -0.4 is 5.84 Å². The number of carbonyl (C=O) groups excluding carboxylic acids is 1. The Balaban J connectivity index is 2.83. The number of amides is 1. The first kappa shape index (κ1) is 11.0. The molecule has 0 atom stereocenters. The molecule has 1 heterocycles. The van der Waals surface area contributed by atoms with Crippen molar-refractivity contribution < 1.29 is 4.79 Å². The Morgan fingerprint density at radius 1 is 1.79 bits per heavy atom. The van der Waals surface area contributed by atoms with E-state index >= 15 is 0 Å². The van der Waals surface area contributed by atoms with Gasteiger partial charge < -0.3 is 0 Å². The second kappa shape index (κ2) is 4.43. The summed E-state index contributed by atoms with van der Waals surface area (Å²) in [6.45, 7) is 2.46. The number of aryl methyl sites for hydroxylation is 1. The molecular formula is C8H13ClN4O. The summed E-state index contributed by atoms with van der Waals surface area (Å²) in [5.74, 6) is 5.27. The third-order valence-electron chi connectivity index (χ3n) is 1.79. The highest BCUT2D eigenvalue weighted by Crippen LogP contribution is 2.09. The monoisotopic (exact) mass is 216 g/mol. The molecule has 0 aliphatic carbocycles. The molecule has 0 aromatic carbocycles. The van der Waals surface area contributed by atoms with Crippen LogP contribution in [0.5, 0.6) is 0 Å².